The fraction of sp³-hybridized carbons (Fsp3) is 0.294. The summed E-state index contributed by atoms with van der Waals surface area (Å²) in [5, 5.41) is 0. The summed E-state index contributed by atoms with van der Waals surface area (Å²) < 4.78 is 14.4. The monoisotopic (exact) mass is 328 g/mol. The molecule has 0 aliphatic heterocycles. The molecule has 2 N–H and O–H groups in total. The van der Waals surface area contributed by atoms with Crippen molar-refractivity contribution in [3.8, 4) is 0 Å². The third-order valence-electron chi connectivity index (χ3n) is 3.89. The Morgan fingerprint density at radius 1 is 1.22 bits per heavy atom. The molecule has 0 fully saturated rings. The molecule has 0 saturated heterocycles. The molecule has 3 rings (SSSR count). The van der Waals surface area contributed by atoms with Gasteiger partial charge in [-0.25, -0.2) is 9.97 Å². The minimum absolute atomic E-state index is 0.459. The van der Waals surface area contributed by atoms with Crippen LogP contribution >= 0.6 is 0 Å². The van der Waals surface area contributed by atoms with Crippen molar-refractivity contribution < 1.29 is 4.21 Å². The SMILES string of the molecule is Cc1cnc(N)c2nc(C)n(CCCS(=O)c3ccccc3)c12. The second-order valence-electron chi connectivity index (χ2n) is 5.55. The second kappa shape index (κ2) is 6.50. The Labute approximate surface area is 138 Å². The van der Waals surface area contributed by atoms with Crippen LogP contribution in [0.5, 0.6) is 0 Å². The zero-order valence-corrected chi connectivity index (χ0v) is 14.1. The van der Waals surface area contributed by atoms with Crippen molar-refractivity contribution in [3.63, 3.8) is 0 Å². The van der Waals surface area contributed by atoms with Crippen molar-refractivity contribution in [2.75, 3.05) is 11.5 Å². The summed E-state index contributed by atoms with van der Waals surface area (Å²) in [4.78, 5) is 9.57. The van der Waals surface area contributed by atoms with E-state index >= 15 is 0 Å². The lowest BCUT2D eigenvalue weighted by Crippen LogP contribution is -2.06. The quantitative estimate of drug-likeness (QED) is 0.781. The van der Waals surface area contributed by atoms with E-state index in [4.69, 9.17) is 5.73 Å². The number of nitrogen functional groups attached to an aromatic ring is 1. The predicted octanol–water partition coefficient (Wildman–Crippen LogP) is 2.83. The number of pyridine rings is 1. The highest BCUT2D eigenvalue weighted by Gasteiger charge is 2.13. The highest BCUT2D eigenvalue weighted by Crippen LogP contribution is 2.23. The molecule has 0 aliphatic rings. The topological polar surface area (TPSA) is 73.8 Å². The van der Waals surface area contributed by atoms with Gasteiger partial charge in [0.05, 0.1) is 16.3 Å². The molecule has 0 spiro atoms. The van der Waals surface area contributed by atoms with Gasteiger partial charge in [0.15, 0.2) is 5.82 Å². The van der Waals surface area contributed by atoms with E-state index in [9.17, 15) is 4.21 Å². The standard InChI is InChI=1S/C17H20N4OS/c1-12-11-19-17(18)15-16(12)21(13(2)20-15)9-6-10-23(22)14-7-4-3-5-8-14/h3-5,7-8,11H,6,9-10H2,1-2H3,(H2,18,19). The Morgan fingerprint density at radius 2 is 1.96 bits per heavy atom. The predicted molar refractivity (Wildman–Crippen MR) is 93.7 cm³/mol. The zero-order valence-electron chi connectivity index (χ0n) is 13.3. The number of nitrogens with zero attached hydrogens (tertiary/aromatic N) is 3. The average molecular weight is 328 g/mol. The van der Waals surface area contributed by atoms with E-state index < -0.39 is 10.8 Å². The molecule has 2 heterocycles. The molecule has 1 atom stereocenters. The third kappa shape index (κ3) is 3.12. The molecule has 120 valence electrons. The van der Waals surface area contributed by atoms with E-state index in [-0.39, 0.29) is 0 Å². The lowest BCUT2D eigenvalue weighted by atomic mass is 10.2. The van der Waals surface area contributed by atoms with E-state index in [0.29, 0.717) is 11.6 Å². The number of benzene rings is 1. The number of anilines is 1. The van der Waals surface area contributed by atoms with E-state index in [2.05, 4.69) is 14.5 Å². The molecule has 0 radical (unpaired) electrons. The van der Waals surface area contributed by atoms with E-state index in [1.807, 2.05) is 44.2 Å². The van der Waals surface area contributed by atoms with Gasteiger partial charge in [-0.2, -0.15) is 0 Å². The lowest BCUT2D eigenvalue weighted by Gasteiger charge is -2.09. The first-order chi connectivity index (χ1) is 11.1. The van der Waals surface area contributed by atoms with Crippen molar-refractivity contribution in [2.24, 2.45) is 0 Å². The maximum absolute atomic E-state index is 12.3. The van der Waals surface area contributed by atoms with Crippen molar-refractivity contribution in [1.82, 2.24) is 14.5 Å². The smallest absolute Gasteiger partial charge is 0.151 e. The largest absolute Gasteiger partial charge is 0.382 e. The summed E-state index contributed by atoms with van der Waals surface area (Å²) >= 11 is 0. The molecule has 3 aromatic rings. The number of fused-ring (bicyclic) bond motifs is 1. The Morgan fingerprint density at radius 3 is 2.70 bits per heavy atom. The van der Waals surface area contributed by atoms with Crippen LogP contribution in [-0.4, -0.2) is 24.5 Å². The highest BCUT2D eigenvalue weighted by atomic mass is 32.2. The molecule has 1 aromatic carbocycles. The summed E-state index contributed by atoms with van der Waals surface area (Å²) in [6.07, 6.45) is 2.59. The van der Waals surface area contributed by atoms with Gasteiger partial charge in [-0.3, -0.25) is 4.21 Å². The van der Waals surface area contributed by atoms with Gasteiger partial charge in [0.25, 0.3) is 0 Å². The number of aryl methyl sites for hydroxylation is 3. The maximum atomic E-state index is 12.3. The van der Waals surface area contributed by atoms with Crippen LogP contribution in [0, 0.1) is 13.8 Å². The van der Waals surface area contributed by atoms with Gasteiger partial charge < -0.3 is 10.3 Å². The van der Waals surface area contributed by atoms with Crippen LogP contribution in [0.2, 0.25) is 0 Å². The molecule has 0 saturated carbocycles. The molecule has 5 nitrogen and oxygen atoms in total. The number of hydrogen-bond donors (Lipinski definition) is 1. The van der Waals surface area contributed by atoms with Crippen molar-refractivity contribution >= 4 is 27.7 Å². The van der Waals surface area contributed by atoms with E-state index in [1.54, 1.807) is 6.20 Å². The summed E-state index contributed by atoms with van der Waals surface area (Å²) in [5.74, 6) is 2.00. The van der Waals surface area contributed by atoms with Gasteiger partial charge in [-0.15, -0.1) is 0 Å². The average Bonchev–Trinajstić information content (AvgIpc) is 2.90. The van der Waals surface area contributed by atoms with Crippen LogP contribution < -0.4 is 5.73 Å². The van der Waals surface area contributed by atoms with Gasteiger partial charge in [-0.05, 0) is 38.0 Å². The van der Waals surface area contributed by atoms with Crippen molar-refractivity contribution in [2.45, 2.75) is 31.7 Å². The highest BCUT2D eigenvalue weighted by molar-refractivity contribution is 7.85. The summed E-state index contributed by atoms with van der Waals surface area (Å²) in [5.41, 5.74) is 8.76. The van der Waals surface area contributed by atoms with Gasteiger partial charge >= 0.3 is 0 Å². The fourth-order valence-corrected chi connectivity index (χ4v) is 3.84. The number of nitrogens with two attached hydrogens (primary N) is 1. The number of imidazole rings is 1. The Balaban J connectivity index is 1.76. The molecule has 0 bridgehead atoms. The summed E-state index contributed by atoms with van der Waals surface area (Å²) in [6, 6.07) is 9.58. The van der Waals surface area contributed by atoms with Crippen LogP contribution in [0.1, 0.15) is 17.8 Å². The van der Waals surface area contributed by atoms with Gasteiger partial charge in [-0.1, -0.05) is 18.2 Å². The van der Waals surface area contributed by atoms with Gasteiger partial charge in [0.2, 0.25) is 0 Å². The molecular weight excluding hydrogens is 308 g/mol. The van der Waals surface area contributed by atoms with Crippen LogP contribution in [0.3, 0.4) is 0 Å². The molecule has 23 heavy (non-hydrogen) atoms. The van der Waals surface area contributed by atoms with Crippen LogP contribution in [0.15, 0.2) is 41.4 Å². The summed E-state index contributed by atoms with van der Waals surface area (Å²) in [7, 11) is -0.966. The van der Waals surface area contributed by atoms with Crippen molar-refractivity contribution in [3.05, 3.63) is 47.9 Å². The minimum atomic E-state index is -0.966. The molecule has 6 heteroatoms. The Kier molecular flexibility index (Phi) is 4.43. The molecule has 2 aromatic heterocycles. The number of hydrogen-bond acceptors (Lipinski definition) is 4. The van der Waals surface area contributed by atoms with Crippen molar-refractivity contribution in [1.29, 1.82) is 0 Å². The normalized spacial score (nSPS) is 12.6. The number of rotatable bonds is 5. The van der Waals surface area contributed by atoms with Gasteiger partial charge in [0.1, 0.15) is 11.3 Å². The van der Waals surface area contributed by atoms with E-state index in [0.717, 1.165) is 40.3 Å². The fourth-order valence-electron chi connectivity index (χ4n) is 2.75. The lowest BCUT2D eigenvalue weighted by molar-refractivity contribution is 0.656. The first kappa shape index (κ1) is 15.7. The number of aromatic nitrogens is 3. The first-order valence-electron chi connectivity index (χ1n) is 7.59. The summed E-state index contributed by atoms with van der Waals surface area (Å²) in [6.45, 7) is 4.74. The minimum Gasteiger partial charge on any atom is -0.382 e. The van der Waals surface area contributed by atoms with Gasteiger partial charge in [0, 0.05) is 23.4 Å². The maximum Gasteiger partial charge on any atom is 0.151 e. The third-order valence-corrected chi connectivity index (χ3v) is 5.35. The van der Waals surface area contributed by atoms with Crippen LogP contribution in [0.4, 0.5) is 5.82 Å². The van der Waals surface area contributed by atoms with Crippen LogP contribution in [-0.2, 0) is 17.3 Å². The molecule has 0 amide bonds. The Hall–Kier alpha value is -2.21. The Bertz CT molecular complexity index is 858. The molecule has 0 aliphatic carbocycles. The van der Waals surface area contributed by atoms with E-state index in [1.165, 1.54) is 0 Å². The molecular formula is C17H20N4OS. The van der Waals surface area contributed by atoms with Crippen LogP contribution in [0.25, 0.3) is 11.0 Å². The first-order valence-corrected chi connectivity index (χ1v) is 8.91. The second-order valence-corrected chi connectivity index (χ2v) is 7.12. The molecule has 1 unspecified atom stereocenters. The zero-order chi connectivity index (χ0) is 16.4.